The first-order valence-corrected chi connectivity index (χ1v) is 9.09. The molecule has 0 saturated heterocycles. The van der Waals surface area contributed by atoms with E-state index in [-0.39, 0.29) is 18.1 Å². The Bertz CT molecular complexity index is 645. The van der Waals surface area contributed by atoms with Gasteiger partial charge in [0.15, 0.2) is 0 Å². The number of nitrogens with zero attached hydrogens (tertiary/aromatic N) is 1. The van der Waals surface area contributed by atoms with Gasteiger partial charge in [0.25, 0.3) is 0 Å². The zero-order valence-electron chi connectivity index (χ0n) is 14.3. The number of amides is 2. The van der Waals surface area contributed by atoms with Crippen LogP contribution in [-0.2, 0) is 0 Å². The third-order valence-electron chi connectivity index (χ3n) is 3.79. The minimum Gasteiger partial charge on any atom is -0.388 e. The van der Waals surface area contributed by atoms with Gasteiger partial charge in [0.1, 0.15) is 5.01 Å². The summed E-state index contributed by atoms with van der Waals surface area (Å²) in [5.74, 6) is 0. The lowest BCUT2D eigenvalue weighted by atomic mass is 10.0. The van der Waals surface area contributed by atoms with Crippen LogP contribution in [0.15, 0.2) is 35.7 Å². The van der Waals surface area contributed by atoms with Gasteiger partial charge >= 0.3 is 6.03 Å². The van der Waals surface area contributed by atoms with E-state index in [1.807, 2.05) is 56.5 Å². The van der Waals surface area contributed by atoms with Gasteiger partial charge in [-0.25, -0.2) is 9.78 Å². The molecule has 1 aromatic carbocycles. The zero-order valence-corrected chi connectivity index (χ0v) is 15.1. The number of aromatic nitrogens is 1. The number of rotatable bonds is 7. The molecule has 2 amide bonds. The maximum Gasteiger partial charge on any atom is 0.315 e. The number of carbonyl (C=O) groups is 1. The highest BCUT2D eigenvalue weighted by molar-refractivity contribution is 7.09. The second-order valence-electron chi connectivity index (χ2n) is 5.97. The van der Waals surface area contributed by atoms with Gasteiger partial charge < -0.3 is 15.7 Å². The molecule has 2 rings (SSSR count). The summed E-state index contributed by atoms with van der Waals surface area (Å²) in [4.78, 5) is 16.6. The lowest BCUT2D eigenvalue weighted by Crippen LogP contribution is -2.42. The van der Waals surface area contributed by atoms with Crippen LogP contribution < -0.4 is 10.6 Å². The van der Waals surface area contributed by atoms with E-state index in [1.54, 1.807) is 11.3 Å². The number of carbonyl (C=O) groups excluding carboxylic acids is 1. The van der Waals surface area contributed by atoms with Gasteiger partial charge in [0, 0.05) is 17.1 Å². The van der Waals surface area contributed by atoms with Crippen LogP contribution >= 0.6 is 11.3 Å². The molecule has 3 atom stereocenters. The molecular formula is C18H25N3O2S. The summed E-state index contributed by atoms with van der Waals surface area (Å²) in [6, 6.07) is 9.01. The number of benzene rings is 1. The third kappa shape index (κ3) is 5.32. The molecular weight excluding hydrogens is 322 g/mol. The van der Waals surface area contributed by atoms with Crippen molar-refractivity contribution in [3.8, 4) is 0 Å². The summed E-state index contributed by atoms with van der Waals surface area (Å²) in [5, 5.41) is 19.0. The SMILES string of the molecule is CC[C@H](NC(=O)N[C@H](C)C[C@@H](O)c1ccccc1)c1nc(C)cs1. The maximum absolute atomic E-state index is 12.2. The number of hydrogen-bond donors (Lipinski definition) is 3. The van der Waals surface area contributed by atoms with E-state index in [2.05, 4.69) is 15.6 Å². The van der Waals surface area contributed by atoms with Crippen molar-refractivity contribution in [2.24, 2.45) is 0 Å². The van der Waals surface area contributed by atoms with Crippen molar-refractivity contribution < 1.29 is 9.90 Å². The first kappa shape index (κ1) is 18.4. The second kappa shape index (κ2) is 8.80. The maximum atomic E-state index is 12.2. The summed E-state index contributed by atoms with van der Waals surface area (Å²) in [6.07, 6.45) is 0.650. The highest BCUT2D eigenvalue weighted by Gasteiger charge is 2.18. The Morgan fingerprint density at radius 3 is 2.58 bits per heavy atom. The molecule has 24 heavy (non-hydrogen) atoms. The number of aliphatic hydroxyl groups is 1. The van der Waals surface area contributed by atoms with Crippen LogP contribution in [0.5, 0.6) is 0 Å². The second-order valence-corrected chi connectivity index (χ2v) is 6.86. The quantitative estimate of drug-likeness (QED) is 0.715. The Labute approximate surface area is 147 Å². The van der Waals surface area contributed by atoms with E-state index in [1.165, 1.54) is 0 Å². The van der Waals surface area contributed by atoms with Gasteiger partial charge in [0.2, 0.25) is 0 Å². The van der Waals surface area contributed by atoms with E-state index < -0.39 is 6.10 Å². The van der Waals surface area contributed by atoms with Crippen LogP contribution in [0.3, 0.4) is 0 Å². The average molecular weight is 347 g/mol. The molecule has 0 bridgehead atoms. The van der Waals surface area contributed by atoms with E-state index in [0.717, 1.165) is 22.7 Å². The monoisotopic (exact) mass is 347 g/mol. The molecule has 0 unspecified atom stereocenters. The van der Waals surface area contributed by atoms with Crippen LogP contribution in [0, 0.1) is 6.92 Å². The smallest absolute Gasteiger partial charge is 0.315 e. The molecule has 0 aliphatic heterocycles. The molecule has 1 heterocycles. The van der Waals surface area contributed by atoms with Crippen LogP contribution in [0.25, 0.3) is 0 Å². The number of aryl methyl sites for hydroxylation is 1. The Morgan fingerprint density at radius 1 is 1.29 bits per heavy atom. The van der Waals surface area contributed by atoms with Crippen LogP contribution in [0.1, 0.15) is 55.1 Å². The summed E-state index contributed by atoms with van der Waals surface area (Å²) < 4.78 is 0. The summed E-state index contributed by atoms with van der Waals surface area (Å²) in [6.45, 7) is 5.85. The molecule has 5 nitrogen and oxygen atoms in total. The lowest BCUT2D eigenvalue weighted by molar-refractivity contribution is 0.154. The van der Waals surface area contributed by atoms with Crippen molar-refractivity contribution in [2.45, 2.75) is 51.8 Å². The number of aliphatic hydroxyl groups excluding tert-OH is 1. The first-order valence-electron chi connectivity index (χ1n) is 8.21. The molecule has 6 heteroatoms. The standard InChI is InChI=1S/C18H25N3O2S/c1-4-15(17-19-13(3)11-24-17)21-18(23)20-12(2)10-16(22)14-8-6-5-7-9-14/h5-9,11-12,15-16,22H,4,10H2,1-3H3,(H2,20,21,23)/t12-,15+,16-/m1/s1. The third-order valence-corrected chi connectivity index (χ3v) is 4.86. The van der Waals surface area contributed by atoms with E-state index in [0.29, 0.717) is 6.42 Å². The molecule has 0 saturated carbocycles. The van der Waals surface area contributed by atoms with E-state index in [9.17, 15) is 9.90 Å². The van der Waals surface area contributed by atoms with Gasteiger partial charge in [-0.3, -0.25) is 0 Å². The van der Waals surface area contributed by atoms with Crippen molar-refractivity contribution in [3.05, 3.63) is 52.0 Å². The number of thiazole rings is 1. The fraction of sp³-hybridized carbons (Fsp3) is 0.444. The molecule has 3 N–H and O–H groups in total. The van der Waals surface area contributed by atoms with Gasteiger partial charge in [-0.1, -0.05) is 37.3 Å². The van der Waals surface area contributed by atoms with Gasteiger partial charge in [-0.15, -0.1) is 11.3 Å². The Balaban J connectivity index is 1.84. The number of hydrogen-bond acceptors (Lipinski definition) is 4. The molecule has 1 aromatic heterocycles. The van der Waals surface area contributed by atoms with Gasteiger partial charge in [-0.2, -0.15) is 0 Å². The largest absolute Gasteiger partial charge is 0.388 e. The summed E-state index contributed by atoms with van der Waals surface area (Å²) >= 11 is 1.56. The normalized spacial score (nSPS) is 14.7. The highest BCUT2D eigenvalue weighted by atomic mass is 32.1. The topological polar surface area (TPSA) is 74.2 Å². The summed E-state index contributed by atoms with van der Waals surface area (Å²) in [5.41, 5.74) is 1.83. The van der Waals surface area contributed by atoms with Gasteiger partial charge in [0.05, 0.1) is 12.1 Å². The summed E-state index contributed by atoms with van der Waals surface area (Å²) in [7, 11) is 0. The highest BCUT2D eigenvalue weighted by Crippen LogP contribution is 2.21. The van der Waals surface area contributed by atoms with Crippen molar-refractivity contribution >= 4 is 17.4 Å². The fourth-order valence-electron chi connectivity index (χ4n) is 2.50. The van der Waals surface area contributed by atoms with Crippen molar-refractivity contribution in [1.29, 1.82) is 0 Å². The predicted octanol–water partition coefficient (Wildman–Crippen LogP) is 3.71. The van der Waals surface area contributed by atoms with Crippen LogP contribution in [-0.4, -0.2) is 22.2 Å². The molecule has 2 aromatic rings. The number of urea groups is 1. The Morgan fingerprint density at radius 2 is 2.00 bits per heavy atom. The predicted molar refractivity (Wildman–Crippen MR) is 97.0 cm³/mol. The molecule has 0 aliphatic rings. The first-order chi connectivity index (χ1) is 11.5. The van der Waals surface area contributed by atoms with Crippen molar-refractivity contribution in [1.82, 2.24) is 15.6 Å². The average Bonchev–Trinajstić information content (AvgIpc) is 2.99. The van der Waals surface area contributed by atoms with E-state index in [4.69, 9.17) is 0 Å². The fourth-order valence-corrected chi connectivity index (χ4v) is 3.43. The van der Waals surface area contributed by atoms with E-state index >= 15 is 0 Å². The Kier molecular flexibility index (Phi) is 6.75. The zero-order chi connectivity index (χ0) is 17.5. The van der Waals surface area contributed by atoms with Crippen molar-refractivity contribution in [2.75, 3.05) is 0 Å². The van der Waals surface area contributed by atoms with Gasteiger partial charge in [-0.05, 0) is 32.3 Å². The molecule has 130 valence electrons. The minimum absolute atomic E-state index is 0.0880. The lowest BCUT2D eigenvalue weighted by Gasteiger charge is -2.21. The van der Waals surface area contributed by atoms with Crippen molar-refractivity contribution in [3.63, 3.8) is 0 Å². The molecule has 0 spiro atoms. The van der Waals surface area contributed by atoms with Crippen LogP contribution in [0.2, 0.25) is 0 Å². The molecule has 0 aliphatic carbocycles. The molecule has 0 fully saturated rings. The Hall–Kier alpha value is -1.92. The van der Waals surface area contributed by atoms with Crippen LogP contribution in [0.4, 0.5) is 4.79 Å². The molecule has 0 radical (unpaired) electrons. The minimum atomic E-state index is -0.593. The number of nitrogens with one attached hydrogen (secondary N) is 2.